The van der Waals surface area contributed by atoms with Crippen molar-refractivity contribution < 1.29 is 0 Å². The van der Waals surface area contributed by atoms with Crippen LogP contribution in [0.15, 0.2) is 24.3 Å². The van der Waals surface area contributed by atoms with Crippen molar-refractivity contribution in [3.05, 3.63) is 46.5 Å². The Hall–Kier alpha value is -1.04. The molecule has 0 aromatic heterocycles. The molecule has 0 aliphatic heterocycles. The van der Waals surface area contributed by atoms with Crippen LogP contribution in [0.1, 0.15) is 42.5 Å². The molecule has 0 aliphatic carbocycles. The molecule has 0 heterocycles. The number of benzene rings is 1. The Labute approximate surface area is 94.0 Å². The van der Waals surface area contributed by atoms with Gasteiger partial charge in [0.25, 0.3) is 0 Å². The molecule has 0 amide bonds. The zero-order valence-electron chi connectivity index (χ0n) is 10.5. The van der Waals surface area contributed by atoms with Crippen LogP contribution in [0.5, 0.6) is 0 Å². The fraction of sp³-hybridized carbons (Fsp3) is 0.467. The van der Waals surface area contributed by atoms with Crippen LogP contribution in [0.25, 0.3) is 0 Å². The van der Waals surface area contributed by atoms with E-state index < -0.39 is 0 Å². The minimum absolute atomic E-state index is 1.10. The first-order chi connectivity index (χ1) is 7.04. The monoisotopic (exact) mass is 202 g/mol. The molecule has 15 heavy (non-hydrogen) atoms. The zero-order valence-corrected chi connectivity index (χ0v) is 10.5. The summed E-state index contributed by atoms with van der Waals surface area (Å²) >= 11 is 0. The van der Waals surface area contributed by atoms with Gasteiger partial charge in [0.1, 0.15) is 0 Å². The van der Waals surface area contributed by atoms with Crippen LogP contribution in [0.2, 0.25) is 0 Å². The maximum atomic E-state index is 3.96. The van der Waals surface area contributed by atoms with Crippen molar-refractivity contribution in [2.45, 2.75) is 47.0 Å². The standard InChI is InChI=1S/C15H22/c1-6-14-9-13(5)15(10-12(14)4)8-7-11(2)3/h9-10H,2,6-8H2,1,3-5H3. The number of rotatable bonds is 4. The van der Waals surface area contributed by atoms with Gasteiger partial charge in [-0.15, -0.1) is 6.58 Å². The first-order valence-corrected chi connectivity index (χ1v) is 5.78. The van der Waals surface area contributed by atoms with E-state index in [0.29, 0.717) is 0 Å². The second kappa shape index (κ2) is 5.16. The van der Waals surface area contributed by atoms with E-state index in [0.717, 1.165) is 19.3 Å². The molecule has 0 saturated carbocycles. The number of hydrogen-bond donors (Lipinski definition) is 0. The van der Waals surface area contributed by atoms with E-state index in [1.165, 1.54) is 27.8 Å². The SMILES string of the molecule is C=C(C)CCc1cc(C)c(CC)cc1C. The molecule has 1 aromatic carbocycles. The lowest BCUT2D eigenvalue weighted by Crippen LogP contribution is -1.95. The fourth-order valence-corrected chi connectivity index (χ4v) is 1.93. The number of aryl methyl sites for hydroxylation is 4. The molecule has 0 nitrogen and oxygen atoms in total. The highest BCUT2D eigenvalue weighted by atomic mass is 14.1. The summed E-state index contributed by atoms with van der Waals surface area (Å²) < 4.78 is 0. The van der Waals surface area contributed by atoms with Gasteiger partial charge in [0.05, 0.1) is 0 Å². The van der Waals surface area contributed by atoms with E-state index in [2.05, 4.69) is 46.4 Å². The third-order valence-electron chi connectivity index (χ3n) is 3.00. The molecule has 0 unspecified atom stereocenters. The Kier molecular flexibility index (Phi) is 4.14. The van der Waals surface area contributed by atoms with Crippen LogP contribution >= 0.6 is 0 Å². The second-order valence-electron chi connectivity index (χ2n) is 4.52. The summed E-state index contributed by atoms with van der Waals surface area (Å²) in [4.78, 5) is 0. The van der Waals surface area contributed by atoms with Gasteiger partial charge in [-0.1, -0.05) is 24.6 Å². The zero-order chi connectivity index (χ0) is 11.4. The first kappa shape index (κ1) is 12.0. The maximum absolute atomic E-state index is 3.96. The van der Waals surface area contributed by atoms with Crippen molar-refractivity contribution in [2.24, 2.45) is 0 Å². The Morgan fingerprint density at radius 2 is 1.67 bits per heavy atom. The van der Waals surface area contributed by atoms with Gasteiger partial charge in [0, 0.05) is 0 Å². The van der Waals surface area contributed by atoms with Crippen molar-refractivity contribution in [3.63, 3.8) is 0 Å². The first-order valence-electron chi connectivity index (χ1n) is 5.78. The van der Waals surface area contributed by atoms with E-state index in [4.69, 9.17) is 0 Å². The Morgan fingerprint density at radius 1 is 1.13 bits per heavy atom. The highest BCUT2D eigenvalue weighted by molar-refractivity contribution is 5.37. The quantitative estimate of drug-likeness (QED) is 0.636. The topological polar surface area (TPSA) is 0 Å². The van der Waals surface area contributed by atoms with Crippen molar-refractivity contribution in [2.75, 3.05) is 0 Å². The molecular weight excluding hydrogens is 180 g/mol. The summed E-state index contributed by atoms with van der Waals surface area (Å²) in [5.41, 5.74) is 7.09. The Bertz CT molecular complexity index is 359. The van der Waals surface area contributed by atoms with E-state index >= 15 is 0 Å². The van der Waals surface area contributed by atoms with Crippen LogP contribution in [-0.2, 0) is 12.8 Å². The molecule has 1 rings (SSSR count). The summed E-state index contributed by atoms with van der Waals surface area (Å²) in [6, 6.07) is 4.68. The summed E-state index contributed by atoms with van der Waals surface area (Å²) in [7, 11) is 0. The van der Waals surface area contributed by atoms with Crippen molar-refractivity contribution in [1.82, 2.24) is 0 Å². The van der Waals surface area contributed by atoms with Crippen molar-refractivity contribution in [3.8, 4) is 0 Å². The van der Waals surface area contributed by atoms with Crippen molar-refractivity contribution >= 4 is 0 Å². The van der Waals surface area contributed by atoms with Gasteiger partial charge < -0.3 is 0 Å². The van der Waals surface area contributed by atoms with Gasteiger partial charge >= 0.3 is 0 Å². The molecule has 0 aliphatic rings. The molecule has 0 N–H and O–H groups in total. The van der Waals surface area contributed by atoms with Gasteiger partial charge in [-0.05, 0) is 62.3 Å². The number of allylic oxidation sites excluding steroid dienone is 1. The fourth-order valence-electron chi connectivity index (χ4n) is 1.93. The lowest BCUT2D eigenvalue weighted by atomic mass is 9.95. The largest absolute Gasteiger partial charge is 0.100 e. The maximum Gasteiger partial charge on any atom is -0.0239 e. The predicted molar refractivity (Wildman–Crippen MR) is 68.4 cm³/mol. The van der Waals surface area contributed by atoms with Crippen molar-refractivity contribution in [1.29, 1.82) is 0 Å². The normalized spacial score (nSPS) is 10.4. The smallest absolute Gasteiger partial charge is 0.0239 e. The van der Waals surface area contributed by atoms with Gasteiger partial charge in [-0.3, -0.25) is 0 Å². The third-order valence-corrected chi connectivity index (χ3v) is 3.00. The minimum atomic E-state index is 1.10. The van der Waals surface area contributed by atoms with Crippen LogP contribution < -0.4 is 0 Å². The molecular formula is C15H22. The second-order valence-corrected chi connectivity index (χ2v) is 4.52. The highest BCUT2D eigenvalue weighted by Gasteiger charge is 2.03. The molecule has 0 atom stereocenters. The summed E-state index contributed by atoms with van der Waals surface area (Å²) in [5.74, 6) is 0. The van der Waals surface area contributed by atoms with Crippen LogP contribution in [0, 0.1) is 13.8 Å². The lowest BCUT2D eigenvalue weighted by Gasteiger charge is -2.11. The average Bonchev–Trinajstić information content (AvgIpc) is 2.18. The molecule has 0 heteroatoms. The minimum Gasteiger partial charge on any atom is -0.100 e. The Morgan fingerprint density at radius 3 is 2.20 bits per heavy atom. The molecule has 82 valence electrons. The third kappa shape index (κ3) is 3.23. The van der Waals surface area contributed by atoms with Crippen LogP contribution in [0.3, 0.4) is 0 Å². The van der Waals surface area contributed by atoms with E-state index in [-0.39, 0.29) is 0 Å². The van der Waals surface area contributed by atoms with E-state index in [1.54, 1.807) is 0 Å². The molecule has 0 radical (unpaired) electrons. The molecule has 0 bridgehead atoms. The van der Waals surface area contributed by atoms with E-state index in [1.807, 2.05) is 0 Å². The van der Waals surface area contributed by atoms with Crippen LogP contribution in [-0.4, -0.2) is 0 Å². The highest BCUT2D eigenvalue weighted by Crippen LogP contribution is 2.19. The summed E-state index contributed by atoms with van der Waals surface area (Å²) in [6.07, 6.45) is 3.37. The molecule has 0 fully saturated rings. The van der Waals surface area contributed by atoms with Gasteiger partial charge in [-0.25, -0.2) is 0 Å². The van der Waals surface area contributed by atoms with Gasteiger partial charge in [-0.2, -0.15) is 0 Å². The molecule has 1 aromatic rings. The van der Waals surface area contributed by atoms with Gasteiger partial charge in [0.2, 0.25) is 0 Å². The summed E-state index contributed by atoms with van der Waals surface area (Å²) in [6.45, 7) is 12.7. The van der Waals surface area contributed by atoms with Gasteiger partial charge in [0.15, 0.2) is 0 Å². The average molecular weight is 202 g/mol. The Balaban J connectivity index is 2.90. The van der Waals surface area contributed by atoms with E-state index in [9.17, 15) is 0 Å². The molecule has 0 saturated heterocycles. The summed E-state index contributed by atoms with van der Waals surface area (Å²) in [5, 5.41) is 0. The lowest BCUT2D eigenvalue weighted by molar-refractivity contribution is 0.928. The molecule has 0 spiro atoms. The number of hydrogen-bond acceptors (Lipinski definition) is 0. The van der Waals surface area contributed by atoms with Crippen LogP contribution in [0.4, 0.5) is 0 Å². The predicted octanol–water partition coefficient (Wildman–Crippen LogP) is 4.37.